The molecule has 7 nitrogen and oxygen atoms in total. The fourth-order valence-electron chi connectivity index (χ4n) is 3.88. The Hall–Kier alpha value is -2.70. The molecule has 0 spiro atoms. The van der Waals surface area contributed by atoms with Crippen molar-refractivity contribution in [3.63, 3.8) is 0 Å². The second-order valence-electron chi connectivity index (χ2n) is 7.05. The molecule has 0 bridgehead atoms. The van der Waals surface area contributed by atoms with E-state index in [4.69, 9.17) is 4.52 Å². The number of amides is 2. The molecule has 1 aromatic carbocycles. The van der Waals surface area contributed by atoms with Crippen molar-refractivity contribution < 1.29 is 14.1 Å². The van der Waals surface area contributed by atoms with Crippen LogP contribution >= 0.6 is 0 Å². The van der Waals surface area contributed by atoms with Gasteiger partial charge in [0.2, 0.25) is 24.0 Å². The normalized spacial score (nSPS) is 20.7. The Morgan fingerprint density at radius 3 is 2.69 bits per heavy atom. The molecule has 7 heteroatoms. The van der Waals surface area contributed by atoms with Crippen molar-refractivity contribution in [1.82, 2.24) is 20.4 Å². The molecule has 1 saturated heterocycles. The van der Waals surface area contributed by atoms with Gasteiger partial charge in [-0.25, -0.2) is 0 Å². The van der Waals surface area contributed by atoms with Crippen LogP contribution in [0.5, 0.6) is 0 Å². The molecule has 136 valence electrons. The van der Waals surface area contributed by atoms with Gasteiger partial charge < -0.3 is 14.7 Å². The van der Waals surface area contributed by atoms with Crippen LogP contribution in [-0.2, 0) is 16.1 Å². The highest BCUT2D eigenvalue weighted by molar-refractivity contribution is 5.89. The number of hydrogen-bond donors (Lipinski definition) is 1. The van der Waals surface area contributed by atoms with Crippen LogP contribution in [-0.4, -0.2) is 39.4 Å². The Morgan fingerprint density at radius 1 is 1.23 bits per heavy atom. The number of nitrogens with one attached hydrogen (secondary N) is 1. The van der Waals surface area contributed by atoms with Crippen molar-refractivity contribution in [3.8, 4) is 11.4 Å². The van der Waals surface area contributed by atoms with Crippen LogP contribution in [0.2, 0.25) is 0 Å². The van der Waals surface area contributed by atoms with Gasteiger partial charge in [-0.3, -0.25) is 9.59 Å². The first-order chi connectivity index (χ1) is 12.7. The minimum Gasteiger partial charge on any atom is -0.352 e. The summed E-state index contributed by atoms with van der Waals surface area (Å²) in [6.45, 7) is 1.01. The van der Waals surface area contributed by atoms with Crippen LogP contribution in [0.3, 0.4) is 0 Å². The summed E-state index contributed by atoms with van der Waals surface area (Å²) < 4.78 is 4.74. The summed E-state index contributed by atoms with van der Waals surface area (Å²) in [4.78, 5) is 30.6. The topological polar surface area (TPSA) is 88.3 Å². The molecule has 1 atom stereocenters. The van der Waals surface area contributed by atoms with Crippen molar-refractivity contribution in [1.29, 1.82) is 0 Å². The van der Waals surface area contributed by atoms with Gasteiger partial charge in [0.05, 0.1) is 5.92 Å². The molecule has 1 saturated carbocycles. The van der Waals surface area contributed by atoms with E-state index < -0.39 is 0 Å². The Morgan fingerprint density at radius 2 is 2.00 bits per heavy atom. The third kappa shape index (κ3) is 3.47. The summed E-state index contributed by atoms with van der Waals surface area (Å²) in [6.07, 6.45) is 6.15. The van der Waals surface area contributed by atoms with Crippen molar-refractivity contribution in [2.75, 3.05) is 6.54 Å². The molecule has 2 heterocycles. The van der Waals surface area contributed by atoms with E-state index in [1.54, 1.807) is 0 Å². The third-order valence-corrected chi connectivity index (χ3v) is 5.33. The first kappa shape index (κ1) is 16.8. The lowest BCUT2D eigenvalue weighted by Gasteiger charge is -2.23. The predicted molar refractivity (Wildman–Crippen MR) is 93.7 cm³/mol. The summed E-state index contributed by atoms with van der Waals surface area (Å²) in [5.41, 5.74) is 1.85. The van der Waals surface area contributed by atoms with E-state index in [0.717, 1.165) is 24.0 Å². The maximum atomic E-state index is 12.5. The molecule has 26 heavy (non-hydrogen) atoms. The predicted octanol–water partition coefficient (Wildman–Crippen LogP) is 2.14. The van der Waals surface area contributed by atoms with E-state index in [2.05, 4.69) is 15.5 Å². The summed E-state index contributed by atoms with van der Waals surface area (Å²) in [6, 6.07) is 7.99. The molecular weight excluding hydrogens is 332 g/mol. The third-order valence-electron chi connectivity index (χ3n) is 5.33. The Balaban J connectivity index is 1.30. The van der Waals surface area contributed by atoms with Gasteiger partial charge in [0, 0.05) is 31.1 Å². The minimum absolute atomic E-state index is 0.0407. The highest BCUT2D eigenvalue weighted by Crippen LogP contribution is 2.29. The van der Waals surface area contributed by atoms with Gasteiger partial charge in [0.1, 0.15) is 0 Å². The molecule has 1 aromatic heterocycles. The van der Waals surface area contributed by atoms with Crippen LogP contribution < -0.4 is 5.32 Å². The van der Waals surface area contributed by atoms with E-state index in [0.29, 0.717) is 31.4 Å². The van der Waals surface area contributed by atoms with E-state index >= 15 is 0 Å². The van der Waals surface area contributed by atoms with Gasteiger partial charge in [-0.05, 0) is 18.4 Å². The van der Waals surface area contributed by atoms with Gasteiger partial charge >= 0.3 is 0 Å². The van der Waals surface area contributed by atoms with E-state index in [1.807, 2.05) is 29.2 Å². The van der Waals surface area contributed by atoms with Crippen molar-refractivity contribution in [2.45, 2.75) is 44.7 Å². The van der Waals surface area contributed by atoms with Gasteiger partial charge in [-0.2, -0.15) is 4.98 Å². The molecule has 1 N–H and O–H groups in total. The van der Waals surface area contributed by atoms with E-state index in [-0.39, 0.29) is 17.7 Å². The quantitative estimate of drug-likeness (QED) is 0.889. The zero-order chi connectivity index (χ0) is 17.9. The highest BCUT2D eigenvalue weighted by atomic mass is 16.5. The second-order valence-corrected chi connectivity index (χ2v) is 7.05. The smallest absolute Gasteiger partial charge is 0.225 e. The highest BCUT2D eigenvalue weighted by Gasteiger charge is 2.38. The fraction of sp³-hybridized carbons (Fsp3) is 0.474. The number of hydrogen-bond acceptors (Lipinski definition) is 5. The molecule has 2 aliphatic rings. The van der Waals surface area contributed by atoms with Gasteiger partial charge in [-0.15, -0.1) is 0 Å². The van der Waals surface area contributed by atoms with Gasteiger partial charge in [0.15, 0.2) is 0 Å². The largest absolute Gasteiger partial charge is 0.352 e. The zero-order valence-electron chi connectivity index (χ0n) is 14.6. The molecule has 1 unspecified atom stereocenters. The number of likely N-dealkylation sites (tertiary alicyclic amines) is 1. The molecule has 2 aromatic rings. The molecule has 1 aliphatic heterocycles. The maximum Gasteiger partial charge on any atom is 0.225 e. The Kier molecular flexibility index (Phi) is 4.69. The average molecular weight is 354 g/mol. The van der Waals surface area contributed by atoms with E-state index in [1.165, 1.54) is 19.2 Å². The lowest BCUT2D eigenvalue weighted by molar-refractivity contribution is -0.130. The summed E-state index contributed by atoms with van der Waals surface area (Å²) in [7, 11) is 0. The van der Waals surface area contributed by atoms with Crippen LogP contribution in [0, 0.1) is 5.92 Å². The van der Waals surface area contributed by atoms with Gasteiger partial charge in [-0.1, -0.05) is 42.3 Å². The molecule has 1 aliphatic carbocycles. The molecule has 2 fully saturated rings. The number of carbonyl (C=O) groups is 2. The molecule has 2 amide bonds. The second kappa shape index (κ2) is 7.27. The van der Waals surface area contributed by atoms with Crippen LogP contribution in [0.15, 0.2) is 35.2 Å². The minimum atomic E-state index is -0.235. The SMILES string of the molecule is O=C(NCc1ccc(-c2ncon2)cc1)C1CC(=O)N(C2CCCC2)C1. The Labute approximate surface area is 151 Å². The van der Waals surface area contributed by atoms with Crippen molar-refractivity contribution in [2.24, 2.45) is 5.92 Å². The maximum absolute atomic E-state index is 12.5. The van der Waals surface area contributed by atoms with Crippen molar-refractivity contribution >= 4 is 11.8 Å². The van der Waals surface area contributed by atoms with E-state index in [9.17, 15) is 9.59 Å². The average Bonchev–Trinajstić information content (AvgIpc) is 3.41. The number of aromatic nitrogens is 2. The number of benzene rings is 1. The monoisotopic (exact) mass is 354 g/mol. The Bertz CT molecular complexity index is 767. The van der Waals surface area contributed by atoms with Crippen LogP contribution in [0.25, 0.3) is 11.4 Å². The fourth-order valence-corrected chi connectivity index (χ4v) is 3.88. The summed E-state index contributed by atoms with van der Waals surface area (Å²) >= 11 is 0. The summed E-state index contributed by atoms with van der Waals surface area (Å²) in [5.74, 6) is 0.390. The number of carbonyl (C=O) groups excluding carboxylic acids is 2. The zero-order valence-corrected chi connectivity index (χ0v) is 14.6. The van der Waals surface area contributed by atoms with Gasteiger partial charge in [0.25, 0.3) is 0 Å². The number of nitrogens with zero attached hydrogens (tertiary/aromatic N) is 3. The first-order valence-electron chi connectivity index (χ1n) is 9.13. The summed E-state index contributed by atoms with van der Waals surface area (Å²) in [5, 5.41) is 6.76. The number of rotatable bonds is 5. The van der Waals surface area contributed by atoms with Crippen LogP contribution in [0.1, 0.15) is 37.7 Å². The lowest BCUT2D eigenvalue weighted by atomic mass is 10.1. The molecule has 4 rings (SSSR count). The standard InChI is InChI=1S/C19H22N4O3/c24-17-9-15(11-23(17)16-3-1-2-4-16)19(25)20-10-13-5-7-14(8-6-13)18-21-12-26-22-18/h5-8,12,15-16H,1-4,9-11H2,(H,20,25). The van der Waals surface area contributed by atoms with Crippen LogP contribution in [0.4, 0.5) is 0 Å². The first-order valence-corrected chi connectivity index (χ1v) is 9.13. The lowest BCUT2D eigenvalue weighted by Crippen LogP contribution is -2.36. The molecular formula is C19H22N4O3. The van der Waals surface area contributed by atoms with Crippen molar-refractivity contribution in [3.05, 3.63) is 36.2 Å². The molecule has 0 radical (unpaired) electrons.